The Labute approximate surface area is 121 Å². The van der Waals surface area contributed by atoms with Crippen molar-refractivity contribution in [2.75, 3.05) is 33.7 Å². The summed E-state index contributed by atoms with van der Waals surface area (Å²) < 4.78 is 0. The molecule has 0 bridgehead atoms. The third-order valence-corrected chi connectivity index (χ3v) is 4.25. The Balaban J connectivity index is 2.00. The van der Waals surface area contributed by atoms with Gasteiger partial charge < -0.3 is 15.5 Å². The maximum atomic E-state index is 6.44. The topological polar surface area (TPSA) is 32.5 Å². The summed E-state index contributed by atoms with van der Waals surface area (Å²) in [5, 5.41) is 0.781. The first-order valence-corrected chi connectivity index (χ1v) is 7.33. The van der Waals surface area contributed by atoms with Crippen LogP contribution in [-0.4, -0.2) is 55.6 Å². The van der Waals surface area contributed by atoms with Crippen molar-refractivity contribution in [2.45, 2.75) is 24.9 Å². The number of likely N-dealkylation sites (N-methyl/N-ethyl adjacent to an activating group) is 2. The van der Waals surface area contributed by atoms with Crippen molar-refractivity contribution in [2.24, 2.45) is 5.73 Å². The summed E-state index contributed by atoms with van der Waals surface area (Å²) in [7, 11) is 4.37. The number of rotatable bonds is 3. The van der Waals surface area contributed by atoms with Gasteiger partial charge in [-0.05, 0) is 57.7 Å². The molecule has 1 aromatic carbocycles. The summed E-state index contributed by atoms with van der Waals surface area (Å²) in [6.07, 6.45) is 2.12. The summed E-state index contributed by atoms with van der Waals surface area (Å²) in [6.45, 7) is 3.34. The minimum absolute atomic E-state index is 0.159. The predicted octanol–water partition coefficient (Wildman–Crippen LogP) is 1.85. The zero-order chi connectivity index (χ0) is 13.8. The lowest BCUT2D eigenvalue weighted by Crippen LogP contribution is -2.51. The van der Waals surface area contributed by atoms with Crippen LogP contribution in [0.1, 0.15) is 12.0 Å². The Kier molecular flexibility index (Phi) is 5.22. The first kappa shape index (κ1) is 14.8. The van der Waals surface area contributed by atoms with E-state index in [0.29, 0.717) is 6.04 Å². The predicted molar refractivity (Wildman–Crippen MR) is 81.7 cm³/mol. The normalized spacial score (nSPS) is 24.1. The zero-order valence-corrected chi connectivity index (χ0v) is 12.6. The SMILES string of the molecule is CN1CCCN(C)C(C(N)Cc2ccc(Cl)cc2)C1. The Bertz CT molecular complexity index is 393. The second-order valence-corrected chi connectivity index (χ2v) is 6.09. The molecular formula is C15H24ClN3. The third kappa shape index (κ3) is 4.18. The molecule has 4 heteroatoms. The Morgan fingerprint density at radius 1 is 1.26 bits per heavy atom. The fourth-order valence-corrected chi connectivity index (χ4v) is 2.92. The molecule has 2 N–H and O–H groups in total. The lowest BCUT2D eigenvalue weighted by atomic mass is 9.99. The van der Waals surface area contributed by atoms with Crippen molar-refractivity contribution >= 4 is 11.6 Å². The molecule has 1 aromatic rings. The Hall–Kier alpha value is -0.610. The molecule has 1 saturated heterocycles. The van der Waals surface area contributed by atoms with Gasteiger partial charge >= 0.3 is 0 Å². The minimum atomic E-state index is 0.159. The molecule has 0 aromatic heterocycles. The van der Waals surface area contributed by atoms with Crippen molar-refractivity contribution in [3.05, 3.63) is 34.9 Å². The quantitative estimate of drug-likeness (QED) is 0.918. The molecule has 1 aliphatic rings. The highest BCUT2D eigenvalue weighted by atomic mass is 35.5. The molecule has 0 saturated carbocycles. The molecule has 1 heterocycles. The summed E-state index contributed by atoms with van der Waals surface area (Å²) in [6, 6.07) is 8.60. The largest absolute Gasteiger partial charge is 0.326 e. The van der Waals surface area contributed by atoms with E-state index in [1.807, 2.05) is 12.1 Å². The van der Waals surface area contributed by atoms with Gasteiger partial charge in [-0.2, -0.15) is 0 Å². The van der Waals surface area contributed by atoms with Crippen LogP contribution < -0.4 is 5.73 Å². The van der Waals surface area contributed by atoms with E-state index in [0.717, 1.165) is 31.1 Å². The highest BCUT2D eigenvalue weighted by Crippen LogP contribution is 2.15. The van der Waals surface area contributed by atoms with E-state index in [1.165, 1.54) is 12.0 Å². The van der Waals surface area contributed by atoms with Gasteiger partial charge in [-0.25, -0.2) is 0 Å². The van der Waals surface area contributed by atoms with Crippen molar-refractivity contribution in [1.29, 1.82) is 0 Å². The van der Waals surface area contributed by atoms with E-state index in [4.69, 9.17) is 17.3 Å². The number of benzene rings is 1. The molecular weight excluding hydrogens is 258 g/mol. The molecule has 0 radical (unpaired) electrons. The molecule has 0 aliphatic carbocycles. The van der Waals surface area contributed by atoms with Crippen LogP contribution >= 0.6 is 11.6 Å². The average molecular weight is 282 g/mol. The van der Waals surface area contributed by atoms with Gasteiger partial charge in [0.2, 0.25) is 0 Å². The van der Waals surface area contributed by atoms with Crippen LogP contribution in [0.4, 0.5) is 0 Å². The fourth-order valence-electron chi connectivity index (χ4n) is 2.80. The molecule has 2 unspecified atom stereocenters. The van der Waals surface area contributed by atoms with Gasteiger partial charge in [0, 0.05) is 23.7 Å². The smallest absolute Gasteiger partial charge is 0.0406 e. The maximum absolute atomic E-state index is 6.44. The lowest BCUT2D eigenvalue weighted by molar-refractivity contribution is 0.195. The Morgan fingerprint density at radius 3 is 2.63 bits per heavy atom. The highest BCUT2D eigenvalue weighted by molar-refractivity contribution is 6.30. The number of hydrogen-bond donors (Lipinski definition) is 1. The second-order valence-electron chi connectivity index (χ2n) is 5.66. The molecule has 19 heavy (non-hydrogen) atoms. The van der Waals surface area contributed by atoms with Gasteiger partial charge in [0.1, 0.15) is 0 Å². The lowest BCUT2D eigenvalue weighted by Gasteiger charge is -2.32. The average Bonchev–Trinajstić information content (AvgIpc) is 2.54. The van der Waals surface area contributed by atoms with E-state index in [-0.39, 0.29) is 6.04 Å². The van der Waals surface area contributed by atoms with Crippen molar-refractivity contribution < 1.29 is 0 Å². The highest BCUT2D eigenvalue weighted by Gasteiger charge is 2.26. The summed E-state index contributed by atoms with van der Waals surface area (Å²) in [5.41, 5.74) is 7.70. The van der Waals surface area contributed by atoms with Crippen LogP contribution in [0.15, 0.2) is 24.3 Å². The molecule has 1 aliphatic heterocycles. The van der Waals surface area contributed by atoms with Gasteiger partial charge in [-0.3, -0.25) is 0 Å². The number of hydrogen-bond acceptors (Lipinski definition) is 3. The number of nitrogens with zero attached hydrogens (tertiary/aromatic N) is 2. The van der Waals surface area contributed by atoms with E-state index in [1.54, 1.807) is 0 Å². The number of halogens is 1. The van der Waals surface area contributed by atoms with Crippen molar-refractivity contribution in [1.82, 2.24) is 9.80 Å². The van der Waals surface area contributed by atoms with Crippen LogP contribution in [0.5, 0.6) is 0 Å². The third-order valence-electron chi connectivity index (χ3n) is 3.99. The monoisotopic (exact) mass is 281 g/mol. The van der Waals surface area contributed by atoms with Crippen LogP contribution in [0, 0.1) is 0 Å². The van der Waals surface area contributed by atoms with E-state index >= 15 is 0 Å². The first-order chi connectivity index (χ1) is 9.06. The van der Waals surface area contributed by atoms with Crippen molar-refractivity contribution in [3.63, 3.8) is 0 Å². The van der Waals surface area contributed by atoms with Crippen molar-refractivity contribution in [3.8, 4) is 0 Å². The summed E-state index contributed by atoms with van der Waals surface area (Å²) in [5.74, 6) is 0. The standard InChI is InChI=1S/C15H24ClN3/c1-18-8-3-9-19(2)15(11-18)14(17)10-12-4-6-13(16)7-5-12/h4-7,14-15H,3,8-11,17H2,1-2H3. The molecule has 106 valence electrons. The van der Waals surface area contributed by atoms with Gasteiger partial charge in [-0.15, -0.1) is 0 Å². The summed E-state index contributed by atoms with van der Waals surface area (Å²) >= 11 is 5.91. The van der Waals surface area contributed by atoms with Crippen LogP contribution in [0.25, 0.3) is 0 Å². The van der Waals surface area contributed by atoms with Gasteiger partial charge in [0.15, 0.2) is 0 Å². The Morgan fingerprint density at radius 2 is 1.95 bits per heavy atom. The molecule has 0 amide bonds. The zero-order valence-electron chi connectivity index (χ0n) is 11.8. The fraction of sp³-hybridized carbons (Fsp3) is 0.600. The van der Waals surface area contributed by atoms with Crippen LogP contribution in [0.2, 0.25) is 5.02 Å². The van der Waals surface area contributed by atoms with Gasteiger partial charge in [0.25, 0.3) is 0 Å². The second kappa shape index (κ2) is 6.71. The molecule has 1 fully saturated rings. The van der Waals surface area contributed by atoms with E-state index in [9.17, 15) is 0 Å². The van der Waals surface area contributed by atoms with E-state index < -0.39 is 0 Å². The van der Waals surface area contributed by atoms with Crippen LogP contribution in [-0.2, 0) is 6.42 Å². The number of nitrogens with two attached hydrogens (primary N) is 1. The minimum Gasteiger partial charge on any atom is -0.326 e. The first-order valence-electron chi connectivity index (χ1n) is 6.95. The van der Waals surface area contributed by atoms with Crippen LogP contribution in [0.3, 0.4) is 0 Å². The van der Waals surface area contributed by atoms with E-state index in [2.05, 4.69) is 36.0 Å². The molecule has 2 atom stereocenters. The molecule has 2 rings (SSSR count). The molecule has 3 nitrogen and oxygen atoms in total. The summed E-state index contributed by atoms with van der Waals surface area (Å²) in [4.78, 5) is 4.79. The molecule has 0 spiro atoms. The van der Waals surface area contributed by atoms with Gasteiger partial charge in [0.05, 0.1) is 0 Å². The van der Waals surface area contributed by atoms with Gasteiger partial charge in [-0.1, -0.05) is 23.7 Å². The maximum Gasteiger partial charge on any atom is 0.0406 e.